The van der Waals surface area contributed by atoms with Crippen molar-refractivity contribution in [1.29, 1.82) is 0 Å². The first kappa shape index (κ1) is 16.0. The molecular weight excluding hydrogens is 280 g/mol. The van der Waals surface area contributed by atoms with Crippen molar-refractivity contribution >= 4 is 11.3 Å². The third-order valence-corrected chi connectivity index (χ3v) is 4.63. The molecule has 3 nitrogen and oxygen atoms in total. The van der Waals surface area contributed by atoms with E-state index in [2.05, 4.69) is 50.1 Å². The summed E-state index contributed by atoms with van der Waals surface area (Å²) in [6.45, 7) is 8.60. The number of aryl methyl sites for hydroxylation is 2. The predicted molar refractivity (Wildman–Crippen MR) is 89.2 cm³/mol. The first-order chi connectivity index (χ1) is 10.0. The van der Waals surface area contributed by atoms with Gasteiger partial charge in [-0.05, 0) is 44.9 Å². The van der Waals surface area contributed by atoms with Gasteiger partial charge in [0, 0.05) is 17.0 Å². The Bertz CT molecular complexity index is 577. The van der Waals surface area contributed by atoms with Crippen LogP contribution in [0.3, 0.4) is 0 Å². The van der Waals surface area contributed by atoms with E-state index in [1.54, 1.807) is 18.4 Å². The van der Waals surface area contributed by atoms with E-state index in [4.69, 9.17) is 4.74 Å². The Kier molecular flexibility index (Phi) is 5.37. The molecule has 2 unspecified atom stereocenters. The highest BCUT2D eigenvalue weighted by Crippen LogP contribution is 2.27. The largest absolute Gasteiger partial charge is 0.497 e. The van der Waals surface area contributed by atoms with E-state index in [9.17, 15) is 0 Å². The molecule has 0 aliphatic heterocycles. The van der Waals surface area contributed by atoms with Gasteiger partial charge in [-0.2, -0.15) is 0 Å². The monoisotopic (exact) mass is 304 g/mol. The highest BCUT2D eigenvalue weighted by Gasteiger charge is 2.17. The molecule has 1 heterocycles. The zero-order valence-corrected chi connectivity index (χ0v) is 14.3. The molecule has 0 spiro atoms. The number of hydrogen-bond donors (Lipinski definition) is 1. The van der Waals surface area contributed by atoms with Crippen LogP contribution in [-0.2, 0) is 0 Å². The summed E-state index contributed by atoms with van der Waals surface area (Å²) >= 11 is 1.77. The Hall–Kier alpha value is -1.39. The molecule has 0 aliphatic carbocycles. The van der Waals surface area contributed by atoms with E-state index in [1.165, 1.54) is 16.1 Å². The summed E-state index contributed by atoms with van der Waals surface area (Å²) in [4.78, 5) is 5.96. The normalized spacial score (nSPS) is 14.0. The second-order valence-corrected chi connectivity index (χ2v) is 6.70. The van der Waals surface area contributed by atoms with Gasteiger partial charge in [-0.1, -0.05) is 19.1 Å². The van der Waals surface area contributed by atoms with E-state index in [0.717, 1.165) is 17.2 Å². The number of nitrogens with zero attached hydrogens (tertiary/aromatic N) is 1. The Morgan fingerprint density at radius 1 is 1.24 bits per heavy atom. The summed E-state index contributed by atoms with van der Waals surface area (Å²) in [7, 11) is 1.69. The zero-order valence-electron chi connectivity index (χ0n) is 13.4. The lowest BCUT2D eigenvalue weighted by atomic mass is 10.0. The summed E-state index contributed by atoms with van der Waals surface area (Å²) in [5, 5.41) is 4.83. The van der Waals surface area contributed by atoms with Crippen molar-refractivity contribution in [2.75, 3.05) is 7.11 Å². The van der Waals surface area contributed by atoms with Crippen molar-refractivity contribution in [3.8, 4) is 5.75 Å². The highest BCUT2D eigenvalue weighted by atomic mass is 32.1. The van der Waals surface area contributed by atoms with Gasteiger partial charge in [-0.3, -0.25) is 0 Å². The first-order valence-electron chi connectivity index (χ1n) is 7.39. The molecule has 0 radical (unpaired) electrons. The number of rotatable bonds is 6. The second kappa shape index (κ2) is 7.05. The molecule has 0 saturated heterocycles. The topological polar surface area (TPSA) is 34.2 Å². The van der Waals surface area contributed by atoms with Crippen molar-refractivity contribution in [3.05, 3.63) is 45.4 Å². The molecular formula is C17H24N2OS. The second-order valence-electron chi connectivity index (χ2n) is 5.30. The number of thiazole rings is 1. The molecule has 1 aromatic heterocycles. The number of ether oxygens (including phenoxy) is 1. The molecule has 0 saturated carbocycles. The molecule has 0 aliphatic rings. The average Bonchev–Trinajstić information content (AvgIpc) is 2.83. The Labute approximate surface area is 131 Å². The molecule has 1 N–H and O–H groups in total. The SMILES string of the molecule is CCC(NC(C)c1nc(C)sc1C)c1ccc(OC)cc1. The van der Waals surface area contributed by atoms with Gasteiger partial charge in [0.25, 0.3) is 0 Å². The number of nitrogens with one attached hydrogen (secondary N) is 1. The summed E-state index contributed by atoms with van der Waals surface area (Å²) in [5.74, 6) is 0.896. The molecule has 4 heteroatoms. The van der Waals surface area contributed by atoms with E-state index in [0.29, 0.717) is 6.04 Å². The van der Waals surface area contributed by atoms with Gasteiger partial charge in [0.05, 0.1) is 17.8 Å². The summed E-state index contributed by atoms with van der Waals surface area (Å²) < 4.78 is 5.22. The fourth-order valence-corrected chi connectivity index (χ4v) is 3.53. The standard InChI is InChI=1S/C17H24N2OS/c1-6-16(14-7-9-15(20-5)10-8-14)18-11(2)17-12(3)21-13(4)19-17/h7-11,16,18H,6H2,1-5H3. The van der Waals surface area contributed by atoms with Crippen LogP contribution in [0.2, 0.25) is 0 Å². The van der Waals surface area contributed by atoms with Crippen LogP contribution >= 0.6 is 11.3 Å². The van der Waals surface area contributed by atoms with E-state index >= 15 is 0 Å². The fourth-order valence-electron chi connectivity index (χ4n) is 2.61. The minimum atomic E-state index is 0.252. The molecule has 0 bridgehead atoms. The van der Waals surface area contributed by atoms with Gasteiger partial charge in [0.15, 0.2) is 0 Å². The van der Waals surface area contributed by atoms with Gasteiger partial charge < -0.3 is 10.1 Å². The first-order valence-corrected chi connectivity index (χ1v) is 8.20. The Morgan fingerprint density at radius 2 is 1.90 bits per heavy atom. The van der Waals surface area contributed by atoms with Crippen molar-refractivity contribution in [2.45, 2.75) is 46.2 Å². The van der Waals surface area contributed by atoms with Crippen molar-refractivity contribution in [3.63, 3.8) is 0 Å². The zero-order chi connectivity index (χ0) is 15.4. The number of benzene rings is 1. The van der Waals surface area contributed by atoms with Crippen LogP contribution in [0.25, 0.3) is 0 Å². The summed E-state index contributed by atoms with van der Waals surface area (Å²) in [6.07, 6.45) is 1.04. The Morgan fingerprint density at radius 3 is 2.38 bits per heavy atom. The van der Waals surface area contributed by atoms with Gasteiger partial charge in [-0.15, -0.1) is 11.3 Å². The maximum absolute atomic E-state index is 5.22. The third-order valence-electron chi connectivity index (χ3n) is 3.73. The van der Waals surface area contributed by atoms with Crippen molar-refractivity contribution in [2.24, 2.45) is 0 Å². The summed E-state index contributed by atoms with van der Waals surface area (Å²) in [5.41, 5.74) is 2.46. The third kappa shape index (κ3) is 3.83. The maximum Gasteiger partial charge on any atom is 0.118 e. The number of aromatic nitrogens is 1. The molecule has 0 fully saturated rings. The van der Waals surface area contributed by atoms with Crippen LogP contribution < -0.4 is 10.1 Å². The molecule has 0 amide bonds. The maximum atomic E-state index is 5.22. The van der Waals surface area contributed by atoms with E-state index in [-0.39, 0.29) is 6.04 Å². The van der Waals surface area contributed by atoms with Gasteiger partial charge in [-0.25, -0.2) is 4.98 Å². The van der Waals surface area contributed by atoms with Crippen LogP contribution in [0.4, 0.5) is 0 Å². The van der Waals surface area contributed by atoms with Crippen LogP contribution in [0, 0.1) is 13.8 Å². The van der Waals surface area contributed by atoms with E-state index < -0.39 is 0 Å². The van der Waals surface area contributed by atoms with Gasteiger partial charge in [0.1, 0.15) is 5.75 Å². The molecule has 21 heavy (non-hydrogen) atoms. The number of methoxy groups -OCH3 is 1. The van der Waals surface area contributed by atoms with Crippen LogP contribution in [0.1, 0.15) is 53.5 Å². The lowest BCUT2D eigenvalue weighted by Gasteiger charge is -2.22. The highest BCUT2D eigenvalue weighted by molar-refractivity contribution is 7.11. The van der Waals surface area contributed by atoms with Crippen LogP contribution in [0.5, 0.6) is 5.75 Å². The molecule has 114 valence electrons. The molecule has 2 atom stereocenters. The van der Waals surface area contributed by atoms with Crippen molar-refractivity contribution < 1.29 is 4.74 Å². The lowest BCUT2D eigenvalue weighted by Crippen LogP contribution is -2.25. The van der Waals surface area contributed by atoms with Crippen LogP contribution in [0.15, 0.2) is 24.3 Å². The Balaban J connectivity index is 2.12. The van der Waals surface area contributed by atoms with Crippen molar-refractivity contribution in [1.82, 2.24) is 10.3 Å². The molecule has 2 aromatic rings. The van der Waals surface area contributed by atoms with Gasteiger partial charge in [0.2, 0.25) is 0 Å². The predicted octanol–water partition coefficient (Wildman–Crippen LogP) is 4.57. The lowest BCUT2D eigenvalue weighted by molar-refractivity contribution is 0.413. The average molecular weight is 304 g/mol. The number of hydrogen-bond acceptors (Lipinski definition) is 4. The minimum absolute atomic E-state index is 0.252. The van der Waals surface area contributed by atoms with Gasteiger partial charge >= 0.3 is 0 Å². The summed E-state index contributed by atoms with van der Waals surface area (Å²) in [6, 6.07) is 8.87. The molecule has 2 rings (SSSR count). The fraction of sp³-hybridized carbons (Fsp3) is 0.471. The molecule has 1 aromatic carbocycles. The minimum Gasteiger partial charge on any atom is -0.497 e. The van der Waals surface area contributed by atoms with Crippen LogP contribution in [-0.4, -0.2) is 12.1 Å². The quantitative estimate of drug-likeness (QED) is 0.849. The smallest absolute Gasteiger partial charge is 0.118 e. The van der Waals surface area contributed by atoms with E-state index in [1.807, 2.05) is 12.1 Å².